The minimum atomic E-state index is -3.81. The fourth-order valence-corrected chi connectivity index (χ4v) is 5.73. The number of likely N-dealkylation sites (N-methyl/N-ethyl adjacent to an activating group) is 1. The Hall–Kier alpha value is -3.69. The van der Waals surface area contributed by atoms with Gasteiger partial charge in [-0.15, -0.1) is 20.1 Å². The van der Waals surface area contributed by atoms with Gasteiger partial charge in [0.05, 0.1) is 36.5 Å². The van der Waals surface area contributed by atoms with Gasteiger partial charge in [0.2, 0.25) is 15.9 Å². The number of ether oxygens (including phenoxy) is 1. The minimum Gasteiger partial charge on any atom is -0.477 e. The number of nitrogens with one attached hydrogen (secondary N) is 1. The Morgan fingerprint density at radius 3 is 2.43 bits per heavy atom. The van der Waals surface area contributed by atoms with E-state index in [9.17, 15) is 13.2 Å². The standard InChI is InChI=1S/C22H28N10O4S/c1-4-17-18-19(28-31(17)32-24-7-8-25-32)21(33)27-20(26-18)16-13-15(14-23-22(16)36-6-3)37(34,35)30-11-9-29(5-2)10-12-30/h7-8,13-14H,4-6,9-12H2,1-3H3,(H,26,27,33). The first-order valence-corrected chi connectivity index (χ1v) is 13.6. The van der Waals surface area contributed by atoms with Crippen molar-refractivity contribution in [2.75, 3.05) is 39.3 Å². The minimum absolute atomic E-state index is 0.00537. The molecule has 5 heterocycles. The number of rotatable bonds is 8. The molecule has 1 aliphatic rings. The van der Waals surface area contributed by atoms with Crippen molar-refractivity contribution in [1.82, 2.24) is 49.1 Å². The molecule has 4 aromatic rings. The van der Waals surface area contributed by atoms with Gasteiger partial charge in [0.25, 0.3) is 5.56 Å². The summed E-state index contributed by atoms with van der Waals surface area (Å²) in [5, 5.41) is 12.5. The van der Waals surface area contributed by atoms with Crippen LogP contribution in [0.15, 0.2) is 34.3 Å². The van der Waals surface area contributed by atoms with Gasteiger partial charge in [0, 0.05) is 26.2 Å². The van der Waals surface area contributed by atoms with Crippen molar-refractivity contribution in [2.24, 2.45) is 0 Å². The Morgan fingerprint density at radius 1 is 1.05 bits per heavy atom. The van der Waals surface area contributed by atoms with Gasteiger partial charge >= 0.3 is 0 Å². The molecule has 1 fully saturated rings. The van der Waals surface area contributed by atoms with Crippen LogP contribution in [-0.2, 0) is 16.4 Å². The molecule has 1 aliphatic heterocycles. The summed E-state index contributed by atoms with van der Waals surface area (Å²) in [6, 6.07) is 1.45. The summed E-state index contributed by atoms with van der Waals surface area (Å²) in [4.78, 5) is 29.6. The third-order valence-corrected chi connectivity index (χ3v) is 8.16. The van der Waals surface area contributed by atoms with Crippen LogP contribution in [0.2, 0.25) is 0 Å². The summed E-state index contributed by atoms with van der Waals surface area (Å²) in [6.45, 7) is 9.01. The van der Waals surface area contributed by atoms with Crippen LogP contribution < -0.4 is 10.3 Å². The molecule has 4 aromatic heterocycles. The molecular formula is C22H28N10O4S. The van der Waals surface area contributed by atoms with Gasteiger partial charge in [-0.05, 0) is 26.0 Å². The second-order valence-corrected chi connectivity index (χ2v) is 10.3. The average Bonchev–Trinajstić information content (AvgIpc) is 3.57. The van der Waals surface area contributed by atoms with E-state index in [1.165, 1.54) is 38.7 Å². The van der Waals surface area contributed by atoms with E-state index in [0.717, 1.165) is 6.54 Å². The fourth-order valence-electron chi connectivity index (χ4n) is 4.33. The number of aromatic nitrogens is 8. The number of piperazine rings is 1. The third-order valence-electron chi connectivity index (χ3n) is 6.29. The maximum absolute atomic E-state index is 13.5. The molecule has 0 aliphatic carbocycles. The molecule has 0 saturated carbocycles. The Morgan fingerprint density at radius 2 is 1.78 bits per heavy atom. The zero-order chi connectivity index (χ0) is 26.2. The molecule has 14 nitrogen and oxygen atoms in total. The molecule has 0 radical (unpaired) electrons. The Balaban J connectivity index is 1.62. The van der Waals surface area contributed by atoms with Gasteiger partial charge < -0.3 is 14.6 Å². The maximum Gasteiger partial charge on any atom is 0.279 e. The van der Waals surface area contributed by atoms with E-state index in [1.807, 2.05) is 6.92 Å². The molecule has 0 amide bonds. The number of H-pyrrole nitrogens is 1. The van der Waals surface area contributed by atoms with E-state index in [0.29, 0.717) is 50.4 Å². The van der Waals surface area contributed by atoms with Crippen LogP contribution in [0, 0.1) is 0 Å². The molecule has 196 valence electrons. The monoisotopic (exact) mass is 528 g/mol. The molecule has 1 saturated heterocycles. The van der Waals surface area contributed by atoms with Crippen LogP contribution in [0.1, 0.15) is 26.5 Å². The number of aromatic amines is 1. The SMILES string of the molecule is CCOc1ncc(S(=O)(=O)N2CCN(CC)CC2)cc1-c1nc2c(CC)n(-n3nccn3)nc2c(=O)[nH]1. The highest BCUT2D eigenvalue weighted by Crippen LogP contribution is 2.30. The van der Waals surface area contributed by atoms with Crippen molar-refractivity contribution in [3.63, 3.8) is 0 Å². The first-order valence-electron chi connectivity index (χ1n) is 12.1. The lowest BCUT2D eigenvalue weighted by molar-refractivity contribution is 0.196. The number of hydrogen-bond donors (Lipinski definition) is 1. The van der Waals surface area contributed by atoms with Gasteiger partial charge in [-0.2, -0.15) is 4.31 Å². The second-order valence-electron chi connectivity index (χ2n) is 8.39. The predicted octanol–water partition coefficient (Wildman–Crippen LogP) is 0.372. The van der Waals surface area contributed by atoms with Crippen molar-refractivity contribution < 1.29 is 13.2 Å². The number of sulfonamides is 1. The van der Waals surface area contributed by atoms with Crippen LogP contribution in [0.4, 0.5) is 0 Å². The molecular weight excluding hydrogens is 500 g/mol. The normalized spacial score (nSPS) is 15.4. The van der Waals surface area contributed by atoms with Gasteiger partial charge in [0.15, 0.2) is 5.52 Å². The van der Waals surface area contributed by atoms with E-state index in [4.69, 9.17) is 4.74 Å². The predicted molar refractivity (Wildman–Crippen MR) is 134 cm³/mol. The van der Waals surface area contributed by atoms with E-state index in [1.54, 1.807) is 6.92 Å². The third kappa shape index (κ3) is 4.49. The van der Waals surface area contributed by atoms with E-state index < -0.39 is 15.6 Å². The highest BCUT2D eigenvalue weighted by Gasteiger charge is 2.30. The first kappa shape index (κ1) is 25.0. The summed E-state index contributed by atoms with van der Waals surface area (Å²) in [5.41, 5.74) is 0.849. The smallest absolute Gasteiger partial charge is 0.279 e. The highest BCUT2D eigenvalue weighted by molar-refractivity contribution is 7.89. The number of fused-ring (bicyclic) bond motifs is 1. The lowest BCUT2D eigenvalue weighted by Crippen LogP contribution is -2.48. The summed E-state index contributed by atoms with van der Waals surface area (Å²) >= 11 is 0. The molecule has 0 spiro atoms. The zero-order valence-electron chi connectivity index (χ0n) is 20.8. The van der Waals surface area contributed by atoms with Crippen LogP contribution in [-0.4, -0.2) is 96.9 Å². The van der Waals surface area contributed by atoms with Crippen molar-refractivity contribution in [3.8, 4) is 17.3 Å². The zero-order valence-corrected chi connectivity index (χ0v) is 21.6. The summed E-state index contributed by atoms with van der Waals surface area (Å²) < 4.78 is 34.0. The molecule has 0 bridgehead atoms. The molecule has 0 aromatic carbocycles. The van der Waals surface area contributed by atoms with E-state index >= 15 is 0 Å². The van der Waals surface area contributed by atoms with E-state index in [2.05, 4.69) is 42.1 Å². The molecule has 0 unspecified atom stereocenters. The molecule has 37 heavy (non-hydrogen) atoms. The average molecular weight is 529 g/mol. The van der Waals surface area contributed by atoms with Crippen molar-refractivity contribution in [3.05, 3.63) is 40.7 Å². The van der Waals surface area contributed by atoms with Crippen LogP contribution in [0.3, 0.4) is 0 Å². The first-order chi connectivity index (χ1) is 17.9. The maximum atomic E-state index is 13.5. The van der Waals surface area contributed by atoms with Gasteiger partial charge in [-0.25, -0.2) is 18.4 Å². The Bertz CT molecular complexity index is 1570. The Kier molecular flexibility index (Phi) is 6.74. The van der Waals surface area contributed by atoms with Gasteiger partial charge in [0.1, 0.15) is 16.2 Å². The number of nitrogens with zero attached hydrogens (tertiary/aromatic N) is 9. The lowest BCUT2D eigenvalue weighted by atomic mass is 10.2. The lowest BCUT2D eigenvalue weighted by Gasteiger charge is -2.33. The number of hydrogen-bond acceptors (Lipinski definition) is 10. The molecule has 15 heteroatoms. The fraction of sp³-hybridized carbons (Fsp3) is 0.455. The largest absolute Gasteiger partial charge is 0.477 e. The van der Waals surface area contributed by atoms with Crippen molar-refractivity contribution >= 4 is 21.1 Å². The molecule has 5 rings (SSSR count). The van der Waals surface area contributed by atoms with Crippen LogP contribution in [0.25, 0.3) is 22.4 Å². The second kappa shape index (κ2) is 9.99. The molecule has 1 N–H and O–H groups in total. The quantitative estimate of drug-likeness (QED) is 0.339. The van der Waals surface area contributed by atoms with E-state index in [-0.39, 0.29) is 27.7 Å². The molecule has 0 atom stereocenters. The highest BCUT2D eigenvalue weighted by atomic mass is 32.2. The number of aryl methyl sites for hydroxylation is 1. The van der Waals surface area contributed by atoms with Crippen LogP contribution >= 0.6 is 0 Å². The summed E-state index contributed by atoms with van der Waals surface area (Å²) in [7, 11) is -3.81. The summed E-state index contributed by atoms with van der Waals surface area (Å²) in [6.07, 6.45) is 4.78. The Labute approximate surface area is 212 Å². The van der Waals surface area contributed by atoms with Gasteiger partial charge in [-0.1, -0.05) is 18.8 Å². The van der Waals surface area contributed by atoms with Crippen molar-refractivity contribution in [2.45, 2.75) is 32.1 Å². The van der Waals surface area contributed by atoms with Gasteiger partial charge in [-0.3, -0.25) is 4.79 Å². The van der Waals surface area contributed by atoms with Crippen LogP contribution in [0.5, 0.6) is 5.88 Å². The number of pyridine rings is 1. The summed E-state index contributed by atoms with van der Waals surface area (Å²) in [5.74, 6) is 0.294. The topological polar surface area (TPSA) is 157 Å². The van der Waals surface area contributed by atoms with Crippen molar-refractivity contribution in [1.29, 1.82) is 0 Å².